The average Bonchev–Trinajstić information content (AvgIpc) is 2.09. The molecule has 0 aliphatic heterocycles. The van der Waals surface area contributed by atoms with E-state index in [1.54, 1.807) is 31.2 Å². The van der Waals surface area contributed by atoms with Crippen LogP contribution >= 0.6 is 27.5 Å². The van der Waals surface area contributed by atoms with Gasteiger partial charge in [0.05, 0.1) is 0 Å². The largest absolute Gasteiger partial charge is 0.478 e. The Labute approximate surface area is 95.3 Å². The summed E-state index contributed by atoms with van der Waals surface area (Å²) in [5.74, 6) is -0.924. The van der Waals surface area contributed by atoms with E-state index < -0.39 is 5.97 Å². The van der Waals surface area contributed by atoms with E-state index in [0.717, 1.165) is 10.0 Å². The highest BCUT2D eigenvalue weighted by molar-refractivity contribution is 9.10. The zero-order valence-corrected chi connectivity index (χ0v) is 9.76. The van der Waals surface area contributed by atoms with Crippen LogP contribution in [-0.4, -0.2) is 11.1 Å². The first-order valence-corrected chi connectivity index (χ1v) is 5.04. The molecule has 0 spiro atoms. The van der Waals surface area contributed by atoms with Gasteiger partial charge in [0.25, 0.3) is 0 Å². The summed E-state index contributed by atoms with van der Waals surface area (Å²) < 4.78 is 0.783. The minimum Gasteiger partial charge on any atom is -0.478 e. The molecule has 0 fully saturated rings. The molecular formula is C10H8BrClO2. The number of benzene rings is 1. The molecule has 1 N–H and O–H groups in total. The van der Waals surface area contributed by atoms with Crippen LogP contribution in [0.5, 0.6) is 0 Å². The van der Waals surface area contributed by atoms with E-state index in [1.807, 2.05) is 0 Å². The molecule has 4 heteroatoms. The van der Waals surface area contributed by atoms with Crippen LogP contribution in [0, 0.1) is 0 Å². The van der Waals surface area contributed by atoms with Crippen molar-refractivity contribution >= 4 is 39.6 Å². The van der Waals surface area contributed by atoms with E-state index in [9.17, 15) is 4.79 Å². The van der Waals surface area contributed by atoms with Crippen LogP contribution < -0.4 is 0 Å². The fourth-order valence-corrected chi connectivity index (χ4v) is 1.71. The van der Waals surface area contributed by atoms with Crippen molar-refractivity contribution in [3.05, 3.63) is 38.8 Å². The van der Waals surface area contributed by atoms with Crippen molar-refractivity contribution in [2.45, 2.75) is 6.92 Å². The number of hydrogen-bond acceptors (Lipinski definition) is 1. The van der Waals surface area contributed by atoms with Crippen molar-refractivity contribution in [2.24, 2.45) is 0 Å². The molecule has 1 aromatic carbocycles. The summed E-state index contributed by atoms with van der Waals surface area (Å²) in [7, 11) is 0. The Morgan fingerprint density at radius 3 is 2.71 bits per heavy atom. The van der Waals surface area contributed by atoms with E-state index >= 15 is 0 Å². The maximum absolute atomic E-state index is 10.6. The Bertz CT molecular complexity index is 399. The predicted octanol–water partition coefficient (Wildman–Crippen LogP) is 3.59. The molecule has 0 saturated heterocycles. The Hall–Kier alpha value is -0.800. The number of carboxylic acid groups (broad SMARTS) is 1. The summed E-state index contributed by atoms with van der Waals surface area (Å²) in [4.78, 5) is 10.6. The van der Waals surface area contributed by atoms with Crippen LogP contribution in [0.4, 0.5) is 0 Å². The number of carboxylic acids is 1. The van der Waals surface area contributed by atoms with E-state index in [2.05, 4.69) is 15.9 Å². The number of carbonyl (C=O) groups is 1. The van der Waals surface area contributed by atoms with Crippen LogP contribution in [0.1, 0.15) is 12.5 Å². The highest BCUT2D eigenvalue weighted by Gasteiger charge is 2.02. The van der Waals surface area contributed by atoms with Gasteiger partial charge < -0.3 is 5.11 Å². The first-order valence-electron chi connectivity index (χ1n) is 3.87. The molecule has 0 atom stereocenters. The third-order valence-electron chi connectivity index (χ3n) is 1.67. The lowest BCUT2D eigenvalue weighted by Crippen LogP contribution is -1.95. The molecule has 0 radical (unpaired) electrons. The van der Waals surface area contributed by atoms with Crippen LogP contribution in [0.25, 0.3) is 6.08 Å². The zero-order valence-electron chi connectivity index (χ0n) is 7.42. The molecular weight excluding hydrogens is 267 g/mol. The molecule has 0 bridgehead atoms. The SMILES string of the molecule is C/C(=C/c1ccc(Cl)cc1Br)C(=O)O. The summed E-state index contributed by atoms with van der Waals surface area (Å²) in [6, 6.07) is 5.20. The molecule has 0 aromatic heterocycles. The van der Waals surface area contributed by atoms with Gasteiger partial charge in [-0.15, -0.1) is 0 Å². The molecule has 2 nitrogen and oxygen atoms in total. The first-order chi connectivity index (χ1) is 6.50. The second kappa shape index (κ2) is 4.62. The Kier molecular flexibility index (Phi) is 3.72. The number of aliphatic carboxylic acids is 1. The van der Waals surface area contributed by atoms with Crippen molar-refractivity contribution in [3.8, 4) is 0 Å². The third kappa shape index (κ3) is 2.86. The highest BCUT2D eigenvalue weighted by atomic mass is 79.9. The number of halogens is 2. The molecule has 0 aliphatic carbocycles. The van der Waals surface area contributed by atoms with Crippen molar-refractivity contribution < 1.29 is 9.90 Å². The van der Waals surface area contributed by atoms with E-state index in [-0.39, 0.29) is 5.57 Å². The summed E-state index contributed by atoms with van der Waals surface area (Å²) in [5.41, 5.74) is 1.09. The van der Waals surface area contributed by atoms with Gasteiger partial charge in [0.15, 0.2) is 0 Å². The minimum absolute atomic E-state index is 0.285. The van der Waals surface area contributed by atoms with Gasteiger partial charge in [0.1, 0.15) is 0 Å². The third-order valence-corrected chi connectivity index (χ3v) is 2.59. The number of hydrogen-bond donors (Lipinski definition) is 1. The lowest BCUT2D eigenvalue weighted by atomic mass is 10.1. The van der Waals surface area contributed by atoms with Gasteiger partial charge in [-0.05, 0) is 30.7 Å². The molecule has 0 heterocycles. The minimum atomic E-state index is -0.924. The summed E-state index contributed by atoms with van der Waals surface area (Å²) >= 11 is 9.05. The molecule has 0 unspecified atom stereocenters. The van der Waals surface area contributed by atoms with Gasteiger partial charge in [-0.25, -0.2) is 4.79 Å². The lowest BCUT2D eigenvalue weighted by molar-refractivity contribution is -0.132. The van der Waals surface area contributed by atoms with Gasteiger partial charge in [-0.3, -0.25) is 0 Å². The molecule has 14 heavy (non-hydrogen) atoms. The number of rotatable bonds is 2. The normalized spacial score (nSPS) is 11.5. The topological polar surface area (TPSA) is 37.3 Å². The highest BCUT2D eigenvalue weighted by Crippen LogP contribution is 2.23. The molecule has 0 saturated carbocycles. The van der Waals surface area contributed by atoms with Gasteiger partial charge in [-0.2, -0.15) is 0 Å². The zero-order chi connectivity index (χ0) is 10.7. The summed E-state index contributed by atoms with van der Waals surface area (Å²) in [6.07, 6.45) is 1.59. The Morgan fingerprint density at radius 2 is 2.21 bits per heavy atom. The van der Waals surface area contributed by atoms with Gasteiger partial charge in [0.2, 0.25) is 0 Å². The molecule has 1 aromatic rings. The van der Waals surface area contributed by atoms with E-state index in [4.69, 9.17) is 16.7 Å². The second-order valence-electron chi connectivity index (χ2n) is 2.80. The average molecular weight is 276 g/mol. The molecule has 0 aliphatic rings. The quantitative estimate of drug-likeness (QED) is 0.838. The van der Waals surface area contributed by atoms with Crippen molar-refractivity contribution in [1.29, 1.82) is 0 Å². The lowest BCUT2D eigenvalue weighted by Gasteiger charge is -2.00. The second-order valence-corrected chi connectivity index (χ2v) is 4.09. The van der Waals surface area contributed by atoms with Crippen LogP contribution in [0.3, 0.4) is 0 Å². The van der Waals surface area contributed by atoms with Crippen LogP contribution in [0.2, 0.25) is 5.02 Å². The first kappa shape index (κ1) is 11.3. The predicted molar refractivity (Wildman–Crippen MR) is 60.4 cm³/mol. The fourth-order valence-electron chi connectivity index (χ4n) is 0.914. The van der Waals surface area contributed by atoms with Crippen molar-refractivity contribution in [1.82, 2.24) is 0 Å². The standard InChI is InChI=1S/C10H8BrClO2/c1-6(10(13)14)4-7-2-3-8(12)5-9(7)11/h2-5H,1H3,(H,13,14)/b6-4-. The smallest absolute Gasteiger partial charge is 0.331 e. The van der Waals surface area contributed by atoms with Gasteiger partial charge in [-0.1, -0.05) is 33.6 Å². The van der Waals surface area contributed by atoms with Crippen LogP contribution in [-0.2, 0) is 4.79 Å². The van der Waals surface area contributed by atoms with Crippen molar-refractivity contribution in [3.63, 3.8) is 0 Å². The summed E-state index contributed by atoms with van der Waals surface area (Å²) in [5, 5.41) is 9.29. The Morgan fingerprint density at radius 1 is 1.57 bits per heavy atom. The Balaban J connectivity index is 3.09. The molecule has 0 amide bonds. The fraction of sp³-hybridized carbons (Fsp3) is 0.100. The van der Waals surface area contributed by atoms with Gasteiger partial charge in [0, 0.05) is 15.1 Å². The van der Waals surface area contributed by atoms with Gasteiger partial charge >= 0.3 is 5.97 Å². The maximum atomic E-state index is 10.6. The molecule has 1 rings (SSSR count). The summed E-state index contributed by atoms with van der Waals surface area (Å²) in [6.45, 7) is 1.55. The maximum Gasteiger partial charge on any atom is 0.331 e. The monoisotopic (exact) mass is 274 g/mol. The molecule has 74 valence electrons. The van der Waals surface area contributed by atoms with Crippen molar-refractivity contribution in [2.75, 3.05) is 0 Å². The van der Waals surface area contributed by atoms with Crippen LogP contribution in [0.15, 0.2) is 28.2 Å². The van der Waals surface area contributed by atoms with E-state index in [0.29, 0.717) is 5.02 Å². The van der Waals surface area contributed by atoms with E-state index in [1.165, 1.54) is 0 Å².